The molecule has 0 saturated carbocycles. The Bertz CT molecular complexity index is 276. The van der Waals surface area contributed by atoms with Crippen LogP contribution in [0, 0.1) is 0 Å². The molecule has 0 aromatic heterocycles. The zero-order chi connectivity index (χ0) is 10.7. The van der Waals surface area contributed by atoms with E-state index >= 15 is 0 Å². The largest absolute Gasteiger partial charge is 0.352 e. The molecule has 1 unspecified atom stereocenters. The van der Waals surface area contributed by atoms with Crippen LogP contribution in [0.1, 0.15) is 19.8 Å². The van der Waals surface area contributed by atoms with Gasteiger partial charge in [-0.25, -0.2) is 0 Å². The van der Waals surface area contributed by atoms with Gasteiger partial charge >= 0.3 is 0 Å². The first-order valence-corrected chi connectivity index (χ1v) is 5.58. The maximum atomic E-state index is 11.7. The van der Waals surface area contributed by atoms with Gasteiger partial charge in [-0.3, -0.25) is 9.79 Å². The van der Waals surface area contributed by atoms with Crippen LogP contribution in [0.4, 0.5) is 0 Å². The molecule has 2 aliphatic heterocycles. The lowest BCUT2D eigenvalue weighted by atomic mass is 10.4. The summed E-state index contributed by atoms with van der Waals surface area (Å²) in [6.45, 7) is 5.05. The van der Waals surface area contributed by atoms with Gasteiger partial charge in [0.2, 0.25) is 5.91 Å². The second-order valence-corrected chi connectivity index (χ2v) is 4.18. The molecular formula is C10H19IN4O. The van der Waals surface area contributed by atoms with Crippen molar-refractivity contribution in [1.82, 2.24) is 15.5 Å². The third-order valence-electron chi connectivity index (χ3n) is 2.77. The fraction of sp³-hybridized carbons (Fsp3) is 0.800. The standard InChI is InChI=1S/C10H18N4O.HI/c1-8-6-11-10(13-8)12-7-9(15)14-4-2-3-5-14;/h8H,2-7H2,1H3,(H2,11,12,13);1H. The lowest BCUT2D eigenvalue weighted by Gasteiger charge is -2.16. The number of aliphatic imine (C=N–C) groups is 1. The van der Waals surface area contributed by atoms with Gasteiger partial charge < -0.3 is 15.5 Å². The van der Waals surface area contributed by atoms with Crippen molar-refractivity contribution >= 4 is 35.8 Å². The Morgan fingerprint density at radius 3 is 2.81 bits per heavy atom. The topological polar surface area (TPSA) is 56.7 Å². The predicted molar refractivity (Wildman–Crippen MR) is 74.1 cm³/mol. The molecule has 1 fully saturated rings. The van der Waals surface area contributed by atoms with Crippen LogP contribution in [0.5, 0.6) is 0 Å². The number of amides is 1. The number of carbonyl (C=O) groups excluding carboxylic acids is 1. The molecule has 16 heavy (non-hydrogen) atoms. The van der Waals surface area contributed by atoms with Crippen molar-refractivity contribution in [3.05, 3.63) is 0 Å². The Balaban J connectivity index is 0.00000128. The number of hydrogen-bond acceptors (Lipinski definition) is 4. The van der Waals surface area contributed by atoms with Crippen LogP contribution < -0.4 is 10.6 Å². The van der Waals surface area contributed by atoms with Gasteiger partial charge in [0.05, 0.1) is 13.1 Å². The summed E-state index contributed by atoms with van der Waals surface area (Å²) in [4.78, 5) is 17.8. The van der Waals surface area contributed by atoms with Crippen molar-refractivity contribution in [2.75, 3.05) is 26.2 Å². The van der Waals surface area contributed by atoms with E-state index in [1.807, 2.05) is 4.90 Å². The van der Waals surface area contributed by atoms with Gasteiger partial charge in [0, 0.05) is 19.1 Å². The molecule has 0 aromatic carbocycles. The first-order chi connectivity index (χ1) is 7.25. The van der Waals surface area contributed by atoms with Crippen LogP contribution in [0.25, 0.3) is 0 Å². The highest BCUT2D eigenvalue weighted by atomic mass is 127. The van der Waals surface area contributed by atoms with Gasteiger partial charge in [-0.05, 0) is 19.8 Å². The molecular weight excluding hydrogens is 319 g/mol. The van der Waals surface area contributed by atoms with Crippen molar-refractivity contribution < 1.29 is 4.79 Å². The molecule has 1 amide bonds. The maximum absolute atomic E-state index is 11.7. The summed E-state index contributed by atoms with van der Waals surface area (Å²) in [5, 5.41) is 6.20. The summed E-state index contributed by atoms with van der Waals surface area (Å²) in [5.74, 6) is 0.937. The average Bonchev–Trinajstić information content (AvgIpc) is 2.84. The minimum atomic E-state index is 0. The first kappa shape index (κ1) is 13.5. The summed E-state index contributed by atoms with van der Waals surface area (Å²) in [6, 6.07) is 0.384. The Morgan fingerprint density at radius 2 is 2.25 bits per heavy atom. The maximum Gasteiger partial charge on any atom is 0.241 e. The summed E-state index contributed by atoms with van der Waals surface area (Å²) in [5.41, 5.74) is 0. The lowest BCUT2D eigenvalue weighted by molar-refractivity contribution is -0.128. The van der Waals surface area contributed by atoms with E-state index in [2.05, 4.69) is 22.5 Å². The Morgan fingerprint density at radius 1 is 1.56 bits per heavy atom. The van der Waals surface area contributed by atoms with E-state index in [1.54, 1.807) is 0 Å². The number of halogens is 1. The number of rotatable bonds is 2. The quantitative estimate of drug-likeness (QED) is 0.706. The van der Waals surface area contributed by atoms with Gasteiger partial charge in [-0.15, -0.1) is 24.0 Å². The number of nitrogens with zero attached hydrogens (tertiary/aromatic N) is 2. The Labute approximate surface area is 113 Å². The second-order valence-electron chi connectivity index (χ2n) is 4.18. The second kappa shape index (κ2) is 6.27. The molecule has 0 bridgehead atoms. The summed E-state index contributed by atoms with van der Waals surface area (Å²) in [7, 11) is 0. The fourth-order valence-corrected chi connectivity index (χ4v) is 1.90. The molecule has 6 heteroatoms. The van der Waals surface area contributed by atoms with Crippen LogP contribution in [0.15, 0.2) is 4.99 Å². The molecule has 5 nitrogen and oxygen atoms in total. The molecule has 2 N–H and O–H groups in total. The molecule has 2 rings (SSSR count). The van der Waals surface area contributed by atoms with E-state index < -0.39 is 0 Å². The minimum Gasteiger partial charge on any atom is -0.352 e. The van der Waals surface area contributed by atoms with Crippen molar-refractivity contribution in [3.8, 4) is 0 Å². The van der Waals surface area contributed by atoms with Gasteiger partial charge in [0.1, 0.15) is 0 Å². The molecule has 0 aliphatic carbocycles. The van der Waals surface area contributed by atoms with E-state index in [9.17, 15) is 4.79 Å². The highest BCUT2D eigenvalue weighted by Gasteiger charge is 2.19. The summed E-state index contributed by atoms with van der Waals surface area (Å²) >= 11 is 0. The van der Waals surface area contributed by atoms with Crippen LogP contribution in [0.2, 0.25) is 0 Å². The molecule has 2 aliphatic rings. The number of guanidine groups is 1. The van der Waals surface area contributed by atoms with Crippen molar-refractivity contribution in [2.24, 2.45) is 4.99 Å². The summed E-state index contributed by atoms with van der Waals surface area (Å²) < 4.78 is 0. The molecule has 1 saturated heterocycles. The average molecular weight is 338 g/mol. The molecule has 0 spiro atoms. The number of likely N-dealkylation sites (tertiary alicyclic amines) is 1. The van der Waals surface area contributed by atoms with Crippen LogP contribution >= 0.6 is 24.0 Å². The normalized spacial score (nSPS) is 23.4. The van der Waals surface area contributed by atoms with Gasteiger partial charge in [0.15, 0.2) is 5.96 Å². The van der Waals surface area contributed by atoms with Gasteiger partial charge in [-0.1, -0.05) is 0 Å². The molecule has 2 heterocycles. The zero-order valence-electron chi connectivity index (χ0n) is 9.53. The number of hydrogen-bond donors (Lipinski definition) is 2. The van der Waals surface area contributed by atoms with Crippen LogP contribution in [0.3, 0.4) is 0 Å². The first-order valence-electron chi connectivity index (χ1n) is 5.58. The molecule has 1 atom stereocenters. The minimum absolute atomic E-state index is 0. The fourth-order valence-electron chi connectivity index (χ4n) is 1.90. The predicted octanol–water partition coefficient (Wildman–Crippen LogP) is 0.164. The third kappa shape index (κ3) is 3.50. The van der Waals surface area contributed by atoms with Crippen molar-refractivity contribution in [2.45, 2.75) is 25.8 Å². The molecule has 0 aromatic rings. The van der Waals surface area contributed by atoms with Crippen LogP contribution in [-0.4, -0.2) is 49.0 Å². The number of nitrogens with one attached hydrogen (secondary N) is 2. The summed E-state index contributed by atoms with van der Waals surface area (Å²) in [6.07, 6.45) is 2.28. The Hall–Kier alpha value is -0.530. The molecule has 92 valence electrons. The van der Waals surface area contributed by atoms with Crippen molar-refractivity contribution in [1.29, 1.82) is 0 Å². The zero-order valence-corrected chi connectivity index (χ0v) is 11.9. The highest BCUT2D eigenvalue weighted by Crippen LogP contribution is 2.06. The van der Waals surface area contributed by atoms with Crippen LogP contribution in [-0.2, 0) is 4.79 Å². The van der Waals surface area contributed by atoms with E-state index in [-0.39, 0.29) is 29.9 Å². The smallest absolute Gasteiger partial charge is 0.241 e. The molecule has 0 radical (unpaired) electrons. The van der Waals surface area contributed by atoms with Crippen molar-refractivity contribution in [3.63, 3.8) is 0 Å². The van der Waals surface area contributed by atoms with E-state index in [0.717, 1.165) is 38.4 Å². The lowest BCUT2D eigenvalue weighted by Crippen LogP contribution is -2.43. The third-order valence-corrected chi connectivity index (χ3v) is 2.77. The van der Waals surface area contributed by atoms with Gasteiger partial charge in [0.25, 0.3) is 0 Å². The monoisotopic (exact) mass is 338 g/mol. The van der Waals surface area contributed by atoms with Gasteiger partial charge in [-0.2, -0.15) is 0 Å². The highest BCUT2D eigenvalue weighted by molar-refractivity contribution is 14.0. The van der Waals surface area contributed by atoms with E-state index in [4.69, 9.17) is 0 Å². The van der Waals surface area contributed by atoms with E-state index in [1.165, 1.54) is 0 Å². The SMILES string of the molecule is CC1CN=C(NCC(=O)N2CCCC2)N1.I. The van der Waals surface area contributed by atoms with E-state index in [0.29, 0.717) is 12.6 Å². The Kier molecular flexibility index (Phi) is 5.30. The number of carbonyl (C=O) groups is 1.